The summed E-state index contributed by atoms with van der Waals surface area (Å²) >= 11 is 5.53. The van der Waals surface area contributed by atoms with Crippen molar-refractivity contribution in [1.29, 1.82) is 0 Å². The third kappa shape index (κ3) is 1.56. The third-order valence-corrected chi connectivity index (χ3v) is 2.04. The smallest absolute Gasteiger partial charge is 0.169 e. The van der Waals surface area contributed by atoms with Gasteiger partial charge in [0.1, 0.15) is 5.82 Å². The lowest BCUT2D eigenvalue weighted by Crippen LogP contribution is -1.80. The van der Waals surface area contributed by atoms with Crippen LogP contribution in [0.3, 0.4) is 0 Å². The van der Waals surface area contributed by atoms with Crippen LogP contribution in [0.25, 0.3) is 11.3 Å². The fraction of sp³-hybridized carbons (Fsp3) is 0. The van der Waals surface area contributed by atoms with Gasteiger partial charge < -0.3 is 10.3 Å². The molecule has 1 aromatic carbocycles. The summed E-state index contributed by atoms with van der Waals surface area (Å²) in [6, 6.07) is 5.86. The number of hydrogen-bond acceptors (Lipinski definition) is 3. The van der Waals surface area contributed by atoms with Gasteiger partial charge in [0, 0.05) is 11.6 Å². The topological polar surface area (TPSA) is 52.0 Å². The van der Waals surface area contributed by atoms with Crippen molar-refractivity contribution >= 4 is 17.4 Å². The standard InChI is InChI=1S/C9H6ClFN2O/c10-6-2-1-5(3-7(6)11)8-4-9(12)13-14-8/h1-4H,(H2,12,13). The predicted octanol–water partition coefficient (Wildman–Crippen LogP) is 2.72. The van der Waals surface area contributed by atoms with Crippen LogP contribution in [0, 0.1) is 5.82 Å². The first-order chi connectivity index (χ1) is 6.66. The molecule has 0 atom stereocenters. The number of hydrogen-bond donors (Lipinski definition) is 1. The monoisotopic (exact) mass is 212 g/mol. The van der Waals surface area contributed by atoms with Crippen molar-refractivity contribution in [3.05, 3.63) is 35.1 Å². The number of nitrogens with two attached hydrogens (primary N) is 1. The van der Waals surface area contributed by atoms with Crippen LogP contribution in [0.2, 0.25) is 5.02 Å². The molecule has 0 saturated carbocycles. The van der Waals surface area contributed by atoms with Crippen molar-refractivity contribution in [3.8, 4) is 11.3 Å². The molecule has 2 rings (SSSR count). The van der Waals surface area contributed by atoms with E-state index in [2.05, 4.69) is 5.16 Å². The number of benzene rings is 1. The van der Waals surface area contributed by atoms with Crippen LogP contribution >= 0.6 is 11.6 Å². The van der Waals surface area contributed by atoms with Crippen LogP contribution < -0.4 is 5.73 Å². The van der Waals surface area contributed by atoms with Crippen molar-refractivity contribution in [2.24, 2.45) is 0 Å². The lowest BCUT2D eigenvalue weighted by Gasteiger charge is -1.96. The van der Waals surface area contributed by atoms with Gasteiger partial charge in [-0.15, -0.1) is 0 Å². The Kier molecular flexibility index (Phi) is 2.13. The normalized spacial score (nSPS) is 10.4. The molecule has 0 radical (unpaired) electrons. The Labute approximate surface area is 84.3 Å². The van der Waals surface area contributed by atoms with E-state index in [1.54, 1.807) is 6.07 Å². The van der Waals surface area contributed by atoms with Crippen molar-refractivity contribution < 1.29 is 8.91 Å². The molecule has 3 nitrogen and oxygen atoms in total. The molecule has 2 aromatic rings. The lowest BCUT2D eigenvalue weighted by molar-refractivity contribution is 0.435. The van der Waals surface area contributed by atoms with E-state index in [4.69, 9.17) is 21.9 Å². The molecule has 0 spiro atoms. The van der Waals surface area contributed by atoms with Crippen LogP contribution in [0.1, 0.15) is 0 Å². The number of nitrogen functional groups attached to an aromatic ring is 1. The molecule has 0 unspecified atom stereocenters. The average Bonchev–Trinajstić information content (AvgIpc) is 2.57. The average molecular weight is 213 g/mol. The second kappa shape index (κ2) is 3.31. The van der Waals surface area contributed by atoms with Crippen molar-refractivity contribution in [1.82, 2.24) is 5.16 Å². The van der Waals surface area contributed by atoms with Gasteiger partial charge in [-0.25, -0.2) is 4.39 Å². The molecule has 0 aliphatic heterocycles. The maximum absolute atomic E-state index is 13.0. The minimum absolute atomic E-state index is 0.0706. The highest BCUT2D eigenvalue weighted by Gasteiger charge is 2.07. The van der Waals surface area contributed by atoms with Crippen LogP contribution in [-0.2, 0) is 0 Å². The van der Waals surface area contributed by atoms with E-state index in [-0.39, 0.29) is 10.8 Å². The third-order valence-electron chi connectivity index (χ3n) is 1.73. The van der Waals surface area contributed by atoms with E-state index >= 15 is 0 Å². The summed E-state index contributed by atoms with van der Waals surface area (Å²) < 4.78 is 17.9. The highest BCUT2D eigenvalue weighted by atomic mass is 35.5. The first kappa shape index (κ1) is 9.02. The van der Waals surface area contributed by atoms with E-state index in [1.165, 1.54) is 18.2 Å². The van der Waals surface area contributed by atoms with Crippen molar-refractivity contribution in [3.63, 3.8) is 0 Å². The molecule has 0 aliphatic rings. The molecular weight excluding hydrogens is 207 g/mol. The van der Waals surface area contributed by atoms with E-state index in [0.717, 1.165) is 0 Å². The second-order valence-corrected chi connectivity index (χ2v) is 3.15. The Hall–Kier alpha value is -1.55. The van der Waals surface area contributed by atoms with Gasteiger partial charge in [0.25, 0.3) is 0 Å². The maximum Gasteiger partial charge on any atom is 0.169 e. The summed E-state index contributed by atoms with van der Waals surface area (Å²) in [5.41, 5.74) is 5.91. The van der Waals surface area contributed by atoms with Gasteiger partial charge in [0.15, 0.2) is 11.6 Å². The highest BCUT2D eigenvalue weighted by molar-refractivity contribution is 6.30. The Bertz CT molecular complexity index is 470. The Morgan fingerprint density at radius 1 is 1.36 bits per heavy atom. The Morgan fingerprint density at radius 3 is 2.71 bits per heavy atom. The largest absolute Gasteiger partial charge is 0.381 e. The molecule has 2 N–H and O–H groups in total. The summed E-state index contributed by atoms with van der Waals surface area (Å²) in [6.07, 6.45) is 0. The minimum atomic E-state index is -0.501. The zero-order chi connectivity index (χ0) is 10.1. The van der Waals surface area contributed by atoms with E-state index in [0.29, 0.717) is 11.3 Å². The number of nitrogens with zero attached hydrogens (tertiary/aromatic N) is 1. The first-order valence-electron chi connectivity index (χ1n) is 3.84. The van der Waals surface area contributed by atoms with Crippen molar-refractivity contribution in [2.75, 3.05) is 5.73 Å². The SMILES string of the molecule is Nc1cc(-c2ccc(Cl)c(F)c2)on1. The van der Waals surface area contributed by atoms with Gasteiger partial charge in [-0.1, -0.05) is 16.8 Å². The molecule has 0 amide bonds. The van der Waals surface area contributed by atoms with E-state index in [9.17, 15) is 4.39 Å². The fourth-order valence-electron chi connectivity index (χ4n) is 1.07. The van der Waals surface area contributed by atoms with Crippen LogP contribution in [0.15, 0.2) is 28.8 Å². The Morgan fingerprint density at radius 2 is 2.14 bits per heavy atom. The van der Waals surface area contributed by atoms with Gasteiger partial charge in [-0.3, -0.25) is 0 Å². The molecular formula is C9H6ClFN2O. The van der Waals surface area contributed by atoms with Crippen LogP contribution in [0.5, 0.6) is 0 Å². The van der Waals surface area contributed by atoms with Gasteiger partial charge in [0.05, 0.1) is 5.02 Å². The van der Waals surface area contributed by atoms with Gasteiger partial charge in [-0.05, 0) is 18.2 Å². The summed E-state index contributed by atoms with van der Waals surface area (Å²) in [5, 5.41) is 3.56. The van der Waals surface area contributed by atoms with E-state index < -0.39 is 5.82 Å². The lowest BCUT2D eigenvalue weighted by atomic mass is 10.2. The molecule has 0 saturated heterocycles. The predicted molar refractivity (Wildman–Crippen MR) is 51.3 cm³/mol. The number of aromatic nitrogens is 1. The van der Waals surface area contributed by atoms with Crippen LogP contribution in [0.4, 0.5) is 10.2 Å². The number of halogens is 2. The molecule has 0 aliphatic carbocycles. The molecule has 5 heteroatoms. The number of rotatable bonds is 1. The number of anilines is 1. The van der Waals surface area contributed by atoms with Crippen molar-refractivity contribution in [2.45, 2.75) is 0 Å². The fourth-order valence-corrected chi connectivity index (χ4v) is 1.19. The second-order valence-electron chi connectivity index (χ2n) is 2.74. The molecule has 1 aromatic heterocycles. The summed E-state index contributed by atoms with van der Waals surface area (Å²) in [5.74, 6) is 0.174. The first-order valence-corrected chi connectivity index (χ1v) is 4.22. The van der Waals surface area contributed by atoms with E-state index in [1.807, 2.05) is 0 Å². The highest BCUT2D eigenvalue weighted by Crippen LogP contribution is 2.25. The summed E-state index contributed by atoms with van der Waals surface area (Å²) in [7, 11) is 0. The minimum Gasteiger partial charge on any atom is -0.381 e. The summed E-state index contributed by atoms with van der Waals surface area (Å²) in [4.78, 5) is 0. The zero-order valence-electron chi connectivity index (χ0n) is 7.00. The molecule has 0 bridgehead atoms. The van der Waals surface area contributed by atoms with Gasteiger partial charge in [0.2, 0.25) is 0 Å². The molecule has 1 heterocycles. The van der Waals surface area contributed by atoms with Gasteiger partial charge >= 0.3 is 0 Å². The van der Waals surface area contributed by atoms with Gasteiger partial charge in [-0.2, -0.15) is 0 Å². The quantitative estimate of drug-likeness (QED) is 0.791. The zero-order valence-corrected chi connectivity index (χ0v) is 7.75. The summed E-state index contributed by atoms with van der Waals surface area (Å²) in [6.45, 7) is 0. The molecule has 0 fully saturated rings. The Balaban J connectivity index is 2.47. The molecule has 14 heavy (non-hydrogen) atoms. The molecule has 72 valence electrons. The maximum atomic E-state index is 13.0. The van der Waals surface area contributed by atoms with Crippen LogP contribution in [-0.4, -0.2) is 5.16 Å².